The fraction of sp³-hybridized carbons (Fsp3) is 1.00. The van der Waals surface area contributed by atoms with Gasteiger partial charge in [0, 0.05) is 0 Å². The Balaban J connectivity index is 2.45. The molecule has 0 aromatic carbocycles. The number of aliphatic hydroxyl groups is 1. The van der Waals surface area contributed by atoms with Crippen LogP contribution in [0.3, 0.4) is 0 Å². The summed E-state index contributed by atoms with van der Waals surface area (Å²) in [4.78, 5) is 0. The van der Waals surface area contributed by atoms with Gasteiger partial charge in [0.15, 0.2) is 0 Å². The second-order valence-corrected chi connectivity index (χ2v) is 5.53. The molecule has 1 aliphatic rings. The standard InChI is InChI=1S/C14H27FO/c1-4-11(14(16)5-2)9-12-6-7-13(15)8-10(12)3/h10-14,16H,4-9H2,1-3H3/t10?,11-,12?,13?,14-/m1/s1. The van der Waals surface area contributed by atoms with E-state index in [2.05, 4.69) is 13.8 Å². The van der Waals surface area contributed by atoms with E-state index >= 15 is 0 Å². The quantitative estimate of drug-likeness (QED) is 0.758. The Kier molecular flexibility index (Phi) is 5.74. The van der Waals surface area contributed by atoms with E-state index in [9.17, 15) is 9.50 Å². The van der Waals surface area contributed by atoms with Gasteiger partial charge in [-0.2, -0.15) is 0 Å². The molecule has 1 N–H and O–H groups in total. The van der Waals surface area contributed by atoms with Crippen molar-refractivity contribution < 1.29 is 9.50 Å². The Morgan fingerprint density at radius 1 is 1.25 bits per heavy atom. The van der Waals surface area contributed by atoms with Gasteiger partial charge in [-0.1, -0.05) is 27.2 Å². The molecule has 0 bridgehead atoms. The fourth-order valence-corrected chi connectivity index (χ4v) is 3.06. The molecule has 96 valence electrons. The van der Waals surface area contributed by atoms with Crippen LogP contribution in [-0.4, -0.2) is 17.4 Å². The topological polar surface area (TPSA) is 20.2 Å². The van der Waals surface area contributed by atoms with Gasteiger partial charge >= 0.3 is 0 Å². The molecule has 1 rings (SSSR count). The van der Waals surface area contributed by atoms with Gasteiger partial charge in [-0.05, 0) is 49.9 Å². The average Bonchev–Trinajstić information content (AvgIpc) is 2.27. The molecule has 0 spiro atoms. The third-order valence-corrected chi connectivity index (χ3v) is 4.38. The molecule has 0 heterocycles. The zero-order valence-electron chi connectivity index (χ0n) is 11.0. The molecular weight excluding hydrogens is 203 g/mol. The molecule has 1 aliphatic carbocycles. The smallest absolute Gasteiger partial charge is 0.100 e. The predicted molar refractivity (Wildman–Crippen MR) is 66.1 cm³/mol. The van der Waals surface area contributed by atoms with Gasteiger partial charge in [-0.3, -0.25) is 0 Å². The van der Waals surface area contributed by atoms with Gasteiger partial charge < -0.3 is 5.11 Å². The minimum Gasteiger partial charge on any atom is -0.393 e. The SMILES string of the molecule is CC[C@H](CC1CCC(F)CC1C)[C@H](O)CC. The Morgan fingerprint density at radius 3 is 2.44 bits per heavy atom. The first-order chi connectivity index (χ1) is 7.58. The van der Waals surface area contributed by atoms with Crippen LogP contribution in [0.1, 0.15) is 59.3 Å². The average molecular weight is 230 g/mol. The molecular formula is C14H27FO. The van der Waals surface area contributed by atoms with Crippen LogP contribution in [0.4, 0.5) is 4.39 Å². The van der Waals surface area contributed by atoms with Gasteiger partial charge in [-0.15, -0.1) is 0 Å². The summed E-state index contributed by atoms with van der Waals surface area (Å²) in [6.45, 7) is 6.35. The molecule has 0 saturated heterocycles. The minimum absolute atomic E-state index is 0.166. The molecule has 5 atom stereocenters. The molecule has 2 heteroatoms. The summed E-state index contributed by atoms with van der Waals surface area (Å²) in [6, 6.07) is 0. The van der Waals surface area contributed by atoms with Crippen molar-refractivity contribution >= 4 is 0 Å². The van der Waals surface area contributed by atoms with Crippen molar-refractivity contribution in [1.29, 1.82) is 0 Å². The normalized spacial score (nSPS) is 34.7. The van der Waals surface area contributed by atoms with Gasteiger partial charge in [0.2, 0.25) is 0 Å². The number of hydrogen-bond donors (Lipinski definition) is 1. The number of halogens is 1. The van der Waals surface area contributed by atoms with E-state index in [1.165, 1.54) is 0 Å². The van der Waals surface area contributed by atoms with E-state index in [1.807, 2.05) is 6.92 Å². The van der Waals surface area contributed by atoms with Crippen molar-refractivity contribution in [2.75, 3.05) is 0 Å². The Morgan fingerprint density at radius 2 is 1.94 bits per heavy atom. The van der Waals surface area contributed by atoms with Gasteiger partial charge in [0.1, 0.15) is 6.17 Å². The van der Waals surface area contributed by atoms with Crippen LogP contribution in [0.25, 0.3) is 0 Å². The van der Waals surface area contributed by atoms with Crippen molar-refractivity contribution in [2.45, 2.75) is 71.6 Å². The molecule has 0 aliphatic heterocycles. The molecule has 0 radical (unpaired) electrons. The fourth-order valence-electron chi connectivity index (χ4n) is 3.06. The highest BCUT2D eigenvalue weighted by Crippen LogP contribution is 2.37. The first-order valence-electron chi connectivity index (χ1n) is 6.90. The lowest BCUT2D eigenvalue weighted by Gasteiger charge is -2.34. The lowest BCUT2D eigenvalue weighted by Crippen LogP contribution is -2.29. The summed E-state index contributed by atoms with van der Waals surface area (Å²) < 4.78 is 13.2. The van der Waals surface area contributed by atoms with Crippen LogP contribution >= 0.6 is 0 Å². The van der Waals surface area contributed by atoms with E-state index in [4.69, 9.17) is 0 Å². The molecule has 16 heavy (non-hydrogen) atoms. The molecule has 0 aromatic rings. The van der Waals surface area contributed by atoms with Crippen LogP contribution in [0.5, 0.6) is 0 Å². The summed E-state index contributed by atoms with van der Waals surface area (Å²) in [5, 5.41) is 9.91. The second kappa shape index (κ2) is 6.58. The highest BCUT2D eigenvalue weighted by atomic mass is 19.1. The summed E-state index contributed by atoms with van der Waals surface area (Å²) in [6.07, 6.45) is 4.68. The maximum absolute atomic E-state index is 13.2. The zero-order chi connectivity index (χ0) is 12.1. The lowest BCUT2D eigenvalue weighted by atomic mass is 9.73. The largest absolute Gasteiger partial charge is 0.393 e. The van der Waals surface area contributed by atoms with Crippen LogP contribution in [0.2, 0.25) is 0 Å². The number of rotatable bonds is 5. The van der Waals surface area contributed by atoms with Crippen LogP contribution in [-0.2, 0) is 0 Å². The molecule has 1 fully saturated rings. The van der Waals surface area contributed by atoms with E-state index in [0.717, 1.165) is 38.5 Å². The minimum atomic E-state index is -0.581. The Labute approximate surface area is 99.4 Å². The highest BCUT2D eigenvalue weighted by Gasteiger charge is 2.30. The summed E-state index contributed by atoms with van der Waals surface area (Å²) >= 11 is 0. The first kappa shape index (κ1) is 14.0. The van der Waals surface area contributed by atoms with Crippen molar-refractivity contribution in [2.24, 2.45) is 17.8 Å². The van der Waals surface area contributed by atoms with E-state index in [1.54, 1.807) is 0 Å². The van der Waals surface area contributed by atoms with Crippen LogP contribution < -0.4 is 0 Å². The predicted octanol–water partition coefficient (Wildman–Crippen LogP) is 3.95. The van der Waals surface area contributed by atoms with E-state index in [-0.39, 0.29) is 6.10 Å². The lowest BCUT2D eigenvalue weighted by molar-refractivity contribution is 0.0615. The molecule has 3 unspecified atom stereocenters. The van der Waals surface area contributed by atoms with Gasteiger partial charge in [-0.25, -0.2) is 4.39 Å². The maximum atomic E-state index is 13.2. The molecule has 1 saturated carbocycles. The van der Waals surface area contributed by atoms with Crippen LogP contribution in [0, 0.1) is 17.8 Å². The number of alkyl halides is 1. The number of aliphatic hydroxyl groups excluding tert-OH is 1. The highest BCUT2D eigenvalue weighted by molar-refractivity contribution is 4.81. The third kappa shape index (κ3) is 3.73. The van der Waals surface area contributed by atoms with Gasteiger partial charge in [0.25, 0.3) is 0 Å². The first-order valence-corrected chi connectivity index (χ1v) is 6.90. The summed E-state index contributed by atoms with van der Waals surface area (Å²) in [5.41, 5.74) is 0. The summed E-state index contributed by atoms with van der Waals surface area (Å²) in [7, 11) is 0. The second-order valence-electron chi connectivity index (χ2n) is 5.53. The van der Waals surface area contributed by atoms with Gasteiger partial charge in [0.05, 0.1) is 6.10 Å². The van der Waals surface area contributed by atoms with Crippen molar-refractivity contribution in [3.05, 3.63) is 0 Å². The molecule has 0 aromatic heterocycles. The van der Waals surface area contributed by atoms with E-state index < -0.39 is 6.17 Å². The Bertz CT molecular complexity index is 195. The van der Waals surface area contributed by atoms with E-state index in [0.29, 0.717) is 17.8 Å². The zero-order valence-corrected chi connectivity index (χ0v) is 11.0. The van der Waals surface area contributed by atoms with Crippen LogP contribution in [0.15, 0.2) is 0 Å². The number of hydrogen-bond acceptors (Lipinski definition) is 1. The maximum Gasteiger partial charge on any atom is 0.100 e. The van der Waals surface area contributed by atoms with Crippen molar-refractivity contribution in [1.82, 2.24) is 0 Å². The third-order valence-electron chi connectivity index (χ3n) is 4.38. The molecule has 0 amide bonds. The molecule has 1 nitrogen and oxygen atoms in total. The van der Waals surface area contributed by atoms with Crippen molar-refractivity contribution in [3.8, 4) is 0 Å². The summed E-state index contributed by atoms with van der Waals surface area (Å²) in [5.74, 6) is 1.52. The monoisotopic (exact) mass is 230 g/mol. The Hall–Kier alpha value is -0.110. The van der Waals surface area contributed by atoms with Crippen molar-refractivity contribution in [3.63, 3.8) is 0 Å².